The number of hydrogen-bond acceptors (Lipinski definition) is 2. The second-order valence-electron chi connectivity index (χ2n) is 5.37. The highest BCUT2D eigenvalue weighted by Gasteiger charge is 2.23. The van der Waals surface area contributed by atoms with Crippen molar-refractivity contribution in [2.24, 2.45) is 5.92 Å². The van der Waals surface area contributed by atoms with Gasteiger partial charge in [0.25, 0.3) is 5.91 Å². The van der Waals surface area contributed by atoms with Crippen molar-refractivity contribution in [1.29, 1.82) is 0 Å². The minimum atomic E-state index is 0.0613. The van der Waals surface area contributed by atoms with E-state index >= 15 is 0 Å². The Balaban J connectivity index is 2.07. The molecule has 2 atom stereocenters. The van der Waals surface area contributed by atoms with Gasteiger partial charge in [-0.3, -0.25) is 4.79 Å². The van der Waals surface area contributed by atoms with Gasteiger partial charge in [-0.1, -0.05) is 24.6 Å². The van der Waals surface area contributed by atoms with Crippen LogP contribution in [0, 0.1) is 19.8 Å². The van der Waals surface area contributed by atoms with Gasteiger partial charge in [0.2, 0.25) is 0 Å². The van der Waals surface area contributed by atoms with Gasteiger partial charge in [-0.05, 0) is 50.9 Å². The minimum absolute atomic E-state index is 0.0613. The average Bonchev–Trinajstić information content (AvgIpc) is 2.32. The maximum atomic E-state index is 12.3. The van der Waals surface area contributed by atoms with Crippen molar-refractivity contribution >= 4 is 5.91 Å². The number of amides is 1. The lowest BCUT2D eigenvalue weighted by Gasteiger charge is -2.30. The quantitative estimate of drug-likeness (QED) is 0.838. The van der Waals surface area contributed by atoms with Crippen molar-refractivity contribution in [2.45, 2.75) is 33.2 Å². The molecule has 1 aromatic rings. The number of nitrogens with one attached hydrogen (secondary N) is 2. The molecular weight excluding hydrogens is 224 g/mol. The van der Waals surface area contributed by atoms with Crippen LogP contribution in [0.3, 0.4) is 0 Å². The van der Waals surface area contributed by atoms with Gasteiger partial charge in [0.05, 0.1) is 0 Å². The summed E-state index contributed by atoms with van der Waals surface area (Å²) in [4.78, 5) is 12.3. The van der Waals surface area contributed by atoms with Crippen LogP contribution < -0.4 is 10.6 Å². The first-order chi connectivity index (χ1) is 8.58. The molecule has 0 unspecified atom stereocenters. The monoisotopic (exact) mass is 246 g/mol. The highest BCUT2D eigenvalue weighted by molar-refractivity contribution is 5.95. The molecule has 18 heavy (non-hydrogen) atoms. The zero-order valence-electron chi connectivity index (χ0n) is 11.4. The molecule has 0 spiro atoms. The standard InChI is InChI=1S/C15H22N2O/c1-10-4-5-13(11(2)8-10)15(18)17-14-6-7-16-9-12(14)3/h4-5,8,12,14,16H,6-7,9H2,1-3H3,(H,17,18)/t12-,14+/m0/s1. The third-order valence-corrected chi connectivity index (χ3v) is 3.73. The Kier molecular flexibility index (Phi) is 4.02. The maximum absolute atomic E-state index is 12.3. The smallest absolute Gasteiger partial charge is 0.251 e. The third kappa shape index (κ3) is 2.91. The molecule has 2 rings (SSSR count). The molecule has 3 heteroatoms. The number of rotatable bonds is 2. The third-order valence-electron chi connectivity index (χ3n) is 3.73. The highest BCUT2D eigenvalue weighted by atomic mass is 16.1. The average molecular weight is 246 g/mol. The SMILES string of the molecule is Cc1ccc(C(=O)N[C@@H]2CCNC[C@@H]2C)c(C)c1. The molecule has 0 radical (unpaired) electrons. The second kappa shape index (κ2) is 5.53. The molecule has 1 heterocycles. The van der Waals surface area contributed by atoms with Crippen LogP contribution in [-0.4, -0.2) is 25.0 Å². The Labute approximate surface area is 109 Å². The molecular formula is C15H22N2O. The maximum Gasteiger partial charge on any atom is 0.251 e. The Morgan fingerprint density at radius 2 is 2.17 bits per heavy atom. The van der Waals surface area contributed by atoms with E-state index in [-0.39, 0.29) is 5.91 Å². The minimum Gasteiger partial charge on any atom is -0.349 e. The summed E-state index contributed by atoms with van der Waals surface area (Å²) in [5, 5.41) is 6.51. The van der Waals surface area contributed by atoms with Crippen LogP contribution in [0.2, 0.25) is 0 Å². The Hall–Kier alpha value is -1.35. The summed E-state index contributed by atoms with van der Waals surface area (Å²) in [6, 6.07) is 6.26. The van der Waals surface area contributed by atoms with Crippen LogP contribution >= 0.6 is 0 Å². The molecule has 2 N–H and O–H groups in total. The Morgan fingerprint density at radius 1 is 1.39 bits per heavy atom. The fraction of sp³-hybridized carbons (Fsp3) is 0.533. The molecule has 0 bridgehead atoms. The van der Waals surface area contributed by atoms with Crippen LogP contribution in [0.5, 0.6) is 0 Å². The van der Waals surface area contributed by atoms with Gasteiger partial charge in [-0.15, -0.1) is 0 Å². The van der Waals surface area contributed by atoms with Gasteiger partial charge in [-0.25, -0.2) is 0 Å². The second-order valence-corrected chi connectivity index (χ2v) is 5.37. The lowest BCUT2D eigenvalue weighted by Crippen LogP contribution is -2.48. The van der Waals surface area contributed by atoms with Crippen molar-refractivity contribution in [1.82, 2.24) is 10.6 Å². The first kappa shape index (κ1) is 13.1. The lowest BCUT2D eigenvalue weighted by molar-refractivity contribution is 0.0913. The number of carbonyl (C=O) groups is 1. The molecule has 1 fully saturated rings. The zero-order valence-corrected chi connectivity index (χ0v) is 11.4. The van der Waals surface area contributed by atoms with Gasteiger partial charge in [0.15, 0.2) is 0 Å². The highest BCUT2D eigenvalue weighted by Crippen LogP contribution is 2.14. The number of benzene rings is 1. The van der Waals surface area contributed by atoms with Crippen molar-refractivity contribution in [3.8, 4) is 0 Å². The van der Waals surface area contributed by atoms with E-state index in [0.717, 1.165) is 30.6 Å². The molecule has 1 saturated heterocycles. The summed E-state index contributed by atoms with van der Waals surface area (Å²) < 4.78 is 0. The molecule has 3 nitrogen and oxygen atoms in total. The van der Waals surface area contributed by atoms with E-state index in [1.807, 2.05) is 26.0 Å². The summed E-state index contributed by atoms with van der Waals surface area (Å²) in [7, 11) is 0. The predicted molar refractivity (Wildman–Crippen MR) is 73.8 cm³/mol. The predicted octanol–water partition coefficient (Wildman–Crippen LogP) is 2.03. The fourth-order valence-electron chi connectivity index (χ4n) is 2.54. The number of piperidine rings is 1. The summed E-state index contributed by atoms with van der Waals surface area (Å²) in [5.74, 6) is 0.555. The summed E-state index contributed by atoms with van der Waals surface area (Å²) >= 11 is 0. The van der Waals surface area contributed by atoms with Crippen LogP contribution in [-0.2, 0) is 0 Å². The molecule has 1 aliphatic rings. The van der Waals surface area contributed by atoms with Crippen LogP contribution in [0.15, 0.2) is 18.2 Å². The number of carbonyl (C=O) groups excluding carboxylic acids is 1. The number of aryl methyl sites for hydroxylation is 2. The van der Waals surface area contributed by atoms with E-state index in [0.29, 0.717) is 12.0 Å². The van der Waals surface area contributed by atoms with E-state index in [2.05, 4.69) is 23.6 Å². The molecule has 0 saturated carbocycles. The molecule has 1 aliphatic heterocycles. The lowest BCUT2D eigenvalue weighted by atomic mass is 9.94. The van der Waals surface area contributed by atoms with Crippen molar-refractivity contribution < 1.29 is 4.79 Å². The van der Waals surface area contributed by atoms with Gasteiger partial charge < -0.3 is 10.6 Å². The fourth-order valence-corrected chi connectivity index (χ4v) is 2.54. The van der Waals surface area contributed by atoms with Crippen molar-refractivity contribution in [2.75, 3.05) is 13.1 Å². The van der Waals surface area contributed by atoms with E-state index < -0.39 is 0 Å². The molecule has 98 valence electrons. The largest absolute Gasteiger partial charge is 0.349 e. The zero-order chi connectivity index (χ0) is 13.1. The van der Waals surface area contributed by atoms with Crippen LogP contribution in [0.4, 0.5) is 0 Å². The van der Waals surface area contributed by atoms with Gasteiger partial charge in [0, 0.05) is 11.6 Å². The summed E-state index contributed by atoms with van der Waals surface area (Å²) in [6.45, 7) is 8.19. The normalized spacial score (nSPS) is 23.7. The Morgan fingerprint density at radius 3 is 2.83 bits per heavy atom. The molecule has 1 amide bonds. The first-order valence-corrected chi connectivity index (χ1v) is 6.67. The van der Waals surface area contributed by atoms with Gasteiger partial charge in [-0.2, -0.15) is 0 Å². The van der Waals surface area contributed by atoms with E-state index in [1.165, 1.54) is 5.56 Å². The molecule has 0 aromatic heterocycles. The molecule has 1 aromatic carbocycles. The van der Waals surface area contributed by atoms with E-state index in [4.69, 9.17) is 0 Å². The Bertz CT molecular complexity index is 442. The van der Waals surface area contributed by atoms with E-state index in [9.17, 15) is 4.79 Å². The van der Waals surface area contributed by atoms with Crippen LogP contribution in [0.25, 0.3) is 0 Å². The molecule has 0 aliphatic carbocycles. The first-order valence-electron chi connectivity index (χ1n) is 6.67. The summed E-state index contributed by atoms with van der Waals surface area (Å²) in [5.41, 5.74) is 3.04. The summed E-state index contributed by atoms with van der Waals surface area (Å²) in [6.07, 6.45) is 1.01. The number of hydrogen-bond donors (Lipinski definition) is 2. The topological polar surface area (TPSA) is 41.1 Å². The van der Waals surface area contributed by atoms with Crippen LogP contribution in [0.1, 0.15) is 34.8 Å². The van der Waals surface area contributed by atoms with E-state index in [1.54, 1.807) is 0 Å². The van der Waals surface area contributed by atoms with Crippen molar-refractivity contribution in [3.05, 3.63) is 34.9 Å². The van der Waals surface area contributed by atoms with Gasteiger partial charge >= 0.3 is 0 Å². The van der Waals surface area contributed by atoms with Crippen molar-refractivity contribution in [3.63, 3.8) is 0 Å². The van der Waals surface area contributed by atoms with Gasteiger partial charge in [0.1, 0.15) is 0 Å².